The molecule has 0 fully saturated rings. The standard InChI is InChI=1S/C25H28N5O2/c1-25(2,3)16-30-21-12-11-20(27-23(21)29(6)24(30)31)17-8-7-9-19(14-17)32-22-13-10-18(15-26-22)28(4)5/h7-15H,4,16H2,1-3,5-6H3/q+1. The number of hydrogen-bond acceptors (Lipinski definition) is 4. The Morgan fingerprint density at radius 2 is 1.91 bits per heavy atom. The summed E-state index contributed by atoms with van der Waals surface area (Å²) in [6.45, 7) is 10.8. The quantitative estimate of drug-likeness (QED) is 0.343. The summed E-state index contributed by atoms with van der Waals surface area (Å²) in [5.74, 6) is 1.16. The van der Waals surface area contributed by atoms with Crippen molar-refractivity contribution < 1.29 is 9.31 Å². The van der Waals surface area contributed by atoms with Gasteiger partial charge in [-0.3, -0.25) is 9.13 Å². The highest BCUT2D eigenvalue weighted by molar-refractivity contribution is 5.76. The van der Waals surface area contributed by atoms with E-state index in [4.69, 9.17) is 9.72 Å². The van der Waals surface area contributed by atoms with E-state index in [1.807, 2.05) is 55.6 Å². The molecule has 7 heteroatoms. The van der Waals surface area contributed by atoms with Gasteiger partial charge < -0.3 is 4.74 Å². The summed E-state index contributed by atoms with van der Waals surface area (Å²) in [6, 6.07) is 15.3. The average Bonchev–Trinajstić information content (AvgIpc) is 2.97. The largest absolute Gasteiger partial charge is 0.439 e. The molecule has 3 heterocycles. The minimum absolute atomic E-state index is 0.0161. The lowest BCUT2D eigenvalue weighted by Crippen LogP contribution is -2.27. The van der Waals surface area contributed by atoms with Gasteiger partial charge in [0.15, 0.2) is 5.65 Å². The van der Waals surface area contributed by atoms with Crippen molar-refractivity contribution in [1.82, 2.24) is 19.1 Å². The molecule has 164 valence electrons. The monoisotopic (exact) mass is 430 g/mol. The van der Waals surface area contributed by atoms with E-state index in [1.165, 1.54) is 0 Å². The zero-order valence-electron chi connectivity index (χ0n) is 19.2. The van der Waals surface area contributed by atoms with E-state index < -0.39 is 0 Å². The number of aromatic nitrogens is 4. The first-order valence-corrected chi connectivity index (χ1v) is 10.5. The number of ether oxygens (including phenoxy) is 1. The molecule has 0 saturated heterocycles. The van der Waals surface area contributed by atoms with Crippen LogP contribution in [0.5, 0.6) is 11.6 Å². The number of benzene rings is 1. The lowest BCUT2D eigenvalue weighted by atomic mass is 9.97. The molecule has 7 nitrogen and oxygen atoms in total. The number of aryl methyl sites for hydroxylation is 1. The van der Waals surface area contributed by atoms with Crippen LogP contribution in [0.25, 0.3) is 22.4 Å². The second-order valence-corrected chi connectivity index (χ2v) is 9.21. The van der Waals surface area contributed by atoms with Crippen LogP contribution in [-0.2, 0) is 13.6 Å². The molecule has 32 heavy (non-hydrogen) atoms. The van der Waals surface area contributed by atoms with Crippen LogP contribution >= 0.6 is 0 Å². The lowest BCUT2D eigenvalue weighted by molar-refractivity contribution is -0.395. The maximum atomic E-state index is 12.8. The van der Waals surface area contributed by atoms with Crippen molar-refractivity contribution in [3.63, 3.8) is 0 Å². The highest BCUT2D eigenvalue weighted by atomic mass is 16.5. The number of hydrogen-bond donors (Lipinski definition) is 0. The molecule has 1 aromatic carbocycles. The summed E-state index contributed by atoms with van der Waals surface area (Å²) >= 11 is 0. The van der Waals surface area contributed by atoms with Crippen molar-refractivity contribution in [1.29, 1.82) is 0 Å². The van der Waals surface area contributed by atoms with Gasteiger partial charge in [-0.05, 0) is 29.7 Å². The van der Waals surface area contributed by atoms with Crippen molar-refractivity contribution in [2.24, 2.45) is 12.5 Å². The topological polar surface area (TPSA) is 65.0 Å². The number of imidazole rings is 1. The zero-order chi connectivity index (χ0) is 23.0. The lowest BCUT2D eigenvalue weighted by Gasteiger charge is -2.18. The Balaban J connectivity index is 1.67. The Morgan fingerprint density at radius 3 is 2.56 bits per heavy atom. The molecule has 0 bridgehead atoms. The molecule has 4 rings (SSSR count). The molecule has 4 aromatic rings. The molecule has 0 atom stereocenters. The minimum Gasteiger partial charge on any atom is -0.439 e. The van der Waals surface area contributed by atoms with Gasteiger partial charge in [-0.2, -0.15) is 0 Å². The normalized spacial score (nSPS) is 11.7. The number of pyridine rings is 2. The Bertz CT molecular complexity index is 1360. The fourth-order valence-electron chi connectivity index (χ4n) is 3.56. The zero-order valence-corrected chi connectivity index (χ0v) is 19.2. The van der Waals surface area contributed by atoms with E-state index in [0.717, 1.165) is 22.5 Å². The van der Waals surface area contributed by atoms with Gasteiger partial charge in [0.25, 0.3) is 0 Å². The van der Waals surface area contributed by atoms with Crippen molar-refractivity contribution in [2.45, 2.75) is 27.3 Å². The summed E-state index contributed by atoms with van der Waals surface area (Å²) < 4.78 is 11.1. The summed E-state index contributed by atoms with van der Waals surface area (Å²) in [6.07, 6.45) is 1.71. The summed E-state index contributed by atoms with van der Waals surface area (Å²) in [5.41, 5.74) is 3.99. The third-order valence-corrected chi connectivity index (χ3v) is 5.13. The molecule has 0 saturated carbocycles. The van der Waals surface area contributed by atoms with E-state index in [1.54, 1.807) is 27.0 Å². The SMILES string of the molecule is C=[N+](C)c1ccc(Oc2cccc(-c3ccc4c(n3)n(C)c(=O)n4CC(C)(C)C)c2)nc1. The molecule has 0 spiro atoms. The van der Waals surface area contributed by atoms with Gasteiger partial charge in [0.05, 0.1) is 11.2 Å². The Labute approximate surface area is 187 Å². The molecular weight excluding hydrogens is 402 g/mol. The first-order chi connectivity index (χ1) is 15.1. The van der Waals surface area contributed by atoms with Gasteiger partial charge in [0.2, 0.25) is 11.6 Å². The fraction of sp³-hybridized carbons (Fsp3) is 0.280. The van der Waals surface area contributed by atoms with Crippen molar-refractivity contribution in [3.8, 4) is 22.9 Å². The summed E-state index contributed by atoms with van der Waals surface area (Å²) in [7, 11) is 3.62. The van der Waals surface area contributed by atoms with Gasteiger partial charge in [-0.15, -0.1) is 0 Å². The maximum absolute atomic E-state index is 12.8. The van der Waals surface area contributed by atoms with Gasteiger partial charge in [-0.25, -0.2) is 19.3 Å². The van der Waals surface area contributed by atoms with Gasteiger partial charge in [0.1, 0.15) is 25.7 Å². The third-order valence-electron chi connectivity index (χ3n) is 5.13. The smallest absolute Gasteiger partial charge is 0.330 e. The van der Waals surface area contributed by atoms with Gasteiger partial charge in [-0.1, -0.05) is 32.9 Å². The molecule has 0 unspecified atom stereocenters. The van der Waals surface area contributed by atoms with E-state index in [2.05, 4.69) is 32.5 Å². The molecule has 0 aliphatic heterocycles. The minimum atomic E-state index is -0.0564. The Hall–Kier alpha value is -3.74. The predicted octanol–water partition coefficient (Wildman–Crippen LogP) is 4.61. The van der Waals surface area contributed by atoms with Crippen molar-refractivity contribution in [3.05, 3.63) is 65.2 Å². The molecular formula is C25H28N5O2+. The third kappa shape index (κ3) is 4.32. The average molecular weight is 431 g/mol. The Morgan fingerprint density at radius 1 is 1.12 bits per heavy atom. The number of rotatable bonds is 5. The highest BCUT2D eigenvalue weighted by Gasteiger charge is 2.19. The molecule has 0 amide bonds. The van der Waals surface area contributed by atoms with Crippen LogP contribution in [0.4, 0.5) is 5.69 Å². The van der Waals surface area contributed by atoms with Gasteiger partial charge >= 0.3 is 5.69 Å². The molecule has 3 aromatic heterocycles. The Kier molecular flexibility index (Phi) is 5.42. The first-order valence-electron chi connectivity index (χ1n) is 10.5. The molecule has 0 aliphatic rings. The van der Waals surface area contributed by atoms with Crippen LogP contribution in [0.2, 0.25) is 0 Å². The van der Waals surface area contributed by atoms with Crippen LogP contribution in [-0.4, -0.2) is 37.4 Å². The summed E-state index contributed by atoms with van der Waals surface area (Å²) in [5, 5.41) is 0. The summed E-state index contributed by atoms with van der Waals surface area (Å²) in [4.78, 5) is 21.9. The van der Waals surface area contributed by atoms with E-state index in [9.17, 15) is 4.79 Å². The molecule has 0 aliphatic carbocycles. The molecule has 0 radical (unpaired) electrons. The number of fused-ring (bicyclic) bond motifs is 1. The molecule has 0 N–H and O–H groups in total. The number of nitrogens with zero attached hydrogens (tertiary/aromatic N) is 5. The van der Waals surface area contributed by atoms with Crippen molar-refractivity contribution in [2.75, 3.05) is 7.05 Å². The van der Waals surface area contributed by atoms with E-state index in [-0.39, 0.29) is 11.1 Å². The first kappa shape index (κ1) is 21.5. The maximum Gasteiger partial charge on any atom is 0.330 e. The van der Waals surface area contributed by atoms with Crippen molar-refractivity contribution >= 4 is 23.6 Å². The highest BCUT2D eigenvalue weighted by Crippen LogP contribution is 2.28. The van der Waals surface area contributed by atoms with E-state index in [0.29, 0.717) is 23.8 Å². The van der Waals surface area contributed by atoms with Crippen LogP contribution < -0.4 is 10.4 Å². The van der Waals surface area contributed by atoms with Crippen LogP contribution in [0.1, 0.15) is 20.8 Å². The fourth-order valence-corrected chi connectivity index (χ4v) is 3.56. The second-order valence-electron chi connectivity index (χ2n) is 9.21. The van der Waals surface area contributed by atoms with Crippen LogP contribution in [0.15, 0.2) is 59.5 Å². The second kappa shape index (κ2) is 8.07. The van der Waals surface area contributed by atoms with Gasteiger partial charge in [0, 0.05) is 31.3 Å². The predicted molar refractivity (Wildman–Crippen MR) is 127 cm³/mol. The van der Waals surface area contributed by atoms with E-state index >= 15 is 0 Å². The van der Waals surface area contributed by atoms with Crippen LogP contribution in [0, 0.1) is 5.41 Å². The van der Waals surface area contributed by atoms with Crippen LogP contribution in [0.3, 0.4) is 0 Å².